The Bertz CT molecular complexity index is 665. The van der Waals surface area contributed by atoms with Gasteiger partial charge in [0.1, 0.15) is 0 Å². The van der Waals surface area contributed by atoms with Crippen LogP contribution in [-0.2, 0) is 19.5 Å². The van der Waals surface area contributed by atoms with Crippen molar-refractivity contribution in [1.82, 2.24) is 4.31 Å². The topological polar surface area (TPSA) is 55.8 Å². The van der Waals surface area contributed by atoms with E-state index in [0.29, 0.717) is 31.2 Å². The van der Waals surface area contributed by atoms with Crippen LogP contribution in [0.1, 0.15) is 31.7 Å². The normalized spacial score (nSPS) is 24.5. The molecule has 0 aromatic heterocycles. The number of rotatable bonds is 5. The van der Waals surface area contributed by atoms with Crippen molar-refractivity contribution in [3.05, 3.63) is 29.8 Å². The number of piperidine rings is 1. The minimum Gasteiger partial charge on any atom is -0.379 e. The molecule has 1 spiro atoms. The Morgan fingerprint density at radius 2 is 2.08 bits per heavy atom. The van der Waals surface area contributed by atoms with E-state index in [-0.39, 0.29) is 11.5 Å². The van der Waals surface area contributed by atoms with Crippen molar-refractivity contribution in [2.75, 3.05) is 32.9 Å². The first-order chi connectivity index (χ1) is 11.5. The fourth-order valence-corrected chi connectivity index (χ4v) is 5.27. The molecule has 0 amide bonds. The second-order valence-corrected chi connectivity index (χ2v) is 8.96. The lowest BCUT2D eigenvalue weighted by Crippen LogP contribution is -2.43. The molecule has 2 aliphatic heterocycles. The van der Waals surface area contributed by atoms with Crippen LogP contribution < -0.4 is 0 Å². The maximum atomic E-state index is 12.8. The van der Waals surface area contributed by atoms with Gasteiger partial charge in [-0.3, -0.25) is 0 Å². The van der Waals surface area contributed by atoms with Crippen LogP contribution in [-0.4, -0.2) is 51.7 Å². The SMILES string of the molecule is CCOCC1CC2(CCN(S(=O)(=O)c3cccc(C)c3)CC2)CO1. The number of benzene rings is 1. The summed E-state index contributed by atoms with van der Waals surface area (Å²) in [6, 6.07) is 7.15. The van der Waals surface area contributed by atoms with E-state index in [0.717, 1.165) is 31.4 Å². The zero-order chi connectivity index (χ0) is 17.2. The highest BCUT2D eigenvalue weighted by molar-refractivity contribution is 7.89. The Kier molecular flexibility index (Phi) is 5.30. The van der Waals surface area contributed by atoms with Crippen LogP contribution in [0.5, 0.6) is 0 Å². The quantitative estimate of drug-likeness (QED) is 0.816. The Morgan fingerprint density at radius 1 is 1.33 bits per heavy atom. The summed E-state index contributed by atoms with van der Waals surface area (Å²) in [5, 5.41) is 0. The van der Waals surface area contributed by atoms with Gasteiger partial charge in [-0.15, -0.1) is 0 Å². The van der Waals surface area contributed by atoms with Gasteiger partial charge in [-0.05, 0) is 56.2 Å². The molecule has 5 nitrogen and oxygen atoms in total. The van der Waals surface area contributed by atoms with E-state index in [2.05, 4.69) is 0 Å². The summed E-state index contributed by atoms with van der Waals surface area (Å²) in [5.74, 6) is 0. The first kappa shape index (κ1) is 17.9. The van der Waals surface area contributed by atoms with Crippen LogP contribution >= 0.6 is 0 Å². The minimum atomic E-state index is -3.39. The Morgan fingerprint density at radius 3 is 2.75 bits per heavy atom. The molecule has 6 heteroatoms. The molecular formula is C18H27NO4S. The van der Waals surface area contributed by atoms with Crippen LogP contribution in [0.3, 0.4) is 0 Å². The highest BCUT2D eigenvalue weighted by atomic mass is 32.2. The van der Waals surface area contributed by atoms with Crippen LogP contribution in [0.25, 0.3) is 0 Å². The number of nitrogens with zero attached hydrogens (tertiary/aromatic N) is 1. The maximum Gasteiger partial charge on any atom is 0.243 e. The first-order valence-corrected chi connectivity index (χ1v) is 10.2. The molecule has 1 unspecified atom stereocenters. The second kappa shape index (κ2) is 7.12. The van der Waals surface area contributed by atoms with E-state index in [1.165, 1.54) is 0 Å². The molecule has 134 valence electrons. The number of hydrogen-bond donors (Lipinski definition) is 0. The van der Waals surface area contributed by atoms with Crippen LogP contribution in [0.2, 0.25) is 0 Å². The van der Waals surface area contributed by atoms with E-state index >= 15 is 0 Å². The smallest absolute Gasteiger partial charge is 0.243 e. The van der Waals surface area contributed by atoms with Gasteiger partial charge >= 0.3 is 0 Å². The average Bonchev–Trinajstić information content (AvgIpc) is 2.96. The molecule has 1 atom stereocenters. The number of aryl methyl sites for hydroxylation is 1. The number of sulfonamides is 1. The molecule has 0 bridgehead atoms. The van der Waals surface area contributed by atoms with Gasteiger partial charge in [-0.2, -0.15) is 4.31 Å². The standard InChI is InChI=1S/C18H27NO4S/c1-3-22-13-16-12-18(14-23-16)7-9-19(10-8-18)24(20,21)17-6-4-5-15(2)11-17/h4-6,11,16H,3,7-10,12-14H2,1-2H3. The third-order valence-corrected chi connectivity index (χ3v) is 7.10. The fraction of sp³-hybridized carbons (Fsp3) is 0.667. The van der Waals surface area contributed by atoms with E-state index in [4.69, 9.17) is 9.47 Å². The molecule has 1 aromatic carbocycles. The summed E-state index contributed by atoms with van der Waals surface area (Å²) in [6.07, 6.45) is 2.86. The van der Waals surface area contributed by atoms with E-state index in [1.807, 2.05) is 19.9 Å². The lowest BCUT2D eigenvalue weighted by atomic mass is 9.77. The van der Waals surface area contributed by atoms with Crippen molar-refractivity contribution in [2.45, 2.75) is 44.1 Å². The Balaban J connectivity index is 1.63. The number of hydrogen-bond acceptors (Lipinski definition) is 4. The van der Waals surface area contributed by atoms with Crippen molar-refractivity contribution in [2.24, 2.45) is 5.41 Å². The number of ether oxygens (including phenoxy) is 2. The van der Waals surface area contributed by atoms with Crippen LogP contribution in [0.15, 0.2) is 29.2 Å². The first-order valence-electron chi connectivity index (χ1n) is 8.71. The molecule has 0 radical (unpaired) electrons. The van der Waals surface area contributed by atoms with Crippen molar-refractivity contribution in [1.29, 1.82) is 0 Å². The Labute approximate surface area is 145 Å². The second-order valence-electron chi connectivity index (χ2n) is 7.02. The lowest BCUT2D eigenvalue weighted by Gasteiger charge is -2.37. The summed E-state index contributed by atoms with van der Waals surface area (Å²) in [5.41, 5.74) is 1.09. The molecular weight excluding hydrogens is 326 g/mol. The van der Waals surface area contributed by atoms with Gasteiger partial charge < -0.3 is 9.47 Å². The van der Waals surface area contributed by atoms with Gasteiger partial charge in [0.25, 0.3) is 0 Å². The van der Waals surface area contributed by atoms with Gasteiger partial charge in [0.05, 0.1) is 24.2 Å². The lowest BCUT2D eigenvalue weighted by molar-refractivity contribution is 0.0173. The molecule has 2 fully saturated rings. The maximum absolute atomic E-state index is 12.8. The molecule has 2 heterocycles. The summed E-state index contributed by atoms with van der Waals surface area (Å²) in [6.45, 7) is 7.11. The van der Waals surface area contributed by atoms with E-state index < -0.39 is 10.0 Å². The summed E-state index contributed by atoms with van der Waals surface area (Å²) < 4.78 is 38.6. The van der Waals surface area contributed by atoms with Gasteiger partial charge in [-0.1, -0.05) is 12.1 Å². The van der Waals surface area contributed by atoms with Crippen molar-refractivity contribution >= 4 is 10.0 Å². The van der Waals surface area contributed by atoms with Crippen molar-refractivity contribution in [3.63, 3.8) is 0 Å². The predicted molar refractivity (Wildman–Crippen MR) is 92.5 cm³/mol. The summed E-state index contributed by atoms with van der Waals surface area (Å²) in [4.78, 5) is 0.398. The largest absolute Gasteiger partial charge is 0.379 e. The van der Waals surface area contributed by atoms with Gasteiger partial charge in [0, 0.05) is 19.7 Å². The predicted octanol–water partition coefficient (Wildman–Crippen LogP) is 2.59. The molecule has 1 aromatic rings. The van der Waals surface area contributed by atoms with Crippen molar-refractivity contribution in [3.8, 4) is 0 Å². The third kappa shape index (κ3) is 3.67. The van der Waals surface area contributed by atoms with E-state index in [1.54, 1.807) is 22.5 Å². The van der Waals surface area contributed by atoms with Gasteiger partial charge in [0.2, 0.25) is 10.0 Å². The molecule has 2 aliphatic rings. The highest BCUT2D eigenvalue weighted by Gasteiger charge is 2.44. The monoisotopic (exact) mass is 353 g/mol. The van der Waals surface area contributed by atoms with E-state index in [9.17, 15) is 8.42 Å². The van der Waals surface area contributed by atoms with Crippen LogP contribution in [0, 0.1) is 12.3 Å². The molecule has 0 aliphatic carbocycles. The van der Waals surface area contributed by atoms with Gasteiger partial charge in [0.15, 0.2) is 0 Å². The summed E-state index contributed by atoms with van der Waals surface area (Å²) in [7, 11) is -3.39. The molecule has 24 heavy (non-hydrogen) atoms. The fourth-order valence-electron chi connectivity index (χ4n) is 3.73. The zero-order valence-corrected chi connectivity index (χ0v) is 15.3. The van der Waals surface area contributed by atoms with Crippen LogP contribution in [0.4, 0.5) is 0 Å². The molecule has 2 saturated heterocycles. The summed E-state index contributed by atoms with van der Waals surface area (Å²) >= 11 is 0. The molecule has 0 N–H and O–H groups in total. The molecule has 3 rings (SSSR count). The van der Waals surface area contributed by atoms with Crippen molar-refractivity contribution < 1.29 is 17.9 Å². The minimum absolute atomic E-state index is 0.125. The zero-order valence-electron chi connectivity index (χ0n) is 14.5. The third-order valence-electron chi connectivity index (χ3n) is 5.20. The Hall–Kier alpha value is -0.950. The highest BCUT2D eigenvalue weighted by Crippen LogP contribution is 2.42. The molecule has 0 saturated carbocycles. The average molecular weight is 353 g/mol. The van der Waals surface area contributed by atoms with Gasteiger partial charge in [-0.25, -0.2) is 8.42 Å².